The van der Waals surface area contributed by atoms with Crippen molar-refractivity contribution in [3.63, 3.8) is 0 Å². The molecule has 0 saturated heterocycles. The van der Waals surface area contributed by atoms with Gasteiger partial charge in [0, 0.05) is 11.1 Å². The first-order valence-electron chi connectivity index (χ1n) is 10.9. The molecule has 0 radical (unpaired) electrons. The average molecular weight is 475 g/mol. The molecule has 1 atom stereocenters. The van der Waals surface area contributed by atoms with Gasteiger partial charge >= 0.3 is 0 Å². The molecule has 1 unspecified atom stereocenters. The van der Waals surface area contributed by atoms with E-state index in [1.807, 2.05) is 66.7 Å². The van der Waals surface area contributed by atoms with Crippen LogP contribution in [0.5, 0.6) is 5.75 Å². The van der Waals surface area contributed by atoms with Crippen molar-refractivity contribution >= 4 is 32.4 Å². The molecule has 0 aromatic heterocycles. The van der Waals surface area contributed by atoms with E-state index in [1.54, 1.807) is 19.1 Å². The van der Waals surface area contributed by atoms with Gasteiger partial charge in [-0.1, -0.05) is 66.7 Å². The molecule has 0 aliphatic carbocycles. The Labute approximate surface area is 199 Å². The van der Waals surface area contributed by atoms with Gasteiger partial charge in [0.1, 0.15) is 11.8 Å². The summed E-state index contributed by atoms with van der Waals surface area (Å²) in [5, 5.41) is 4.78. The van der Waals surface area contributed by atoms with Crippen molar-refractivity contribution in [2.45, 2.75) is 24.3 Å². The number of methoxy groups -OCH3 is 1. The zero-order valence-corrected chi connectivity index (χ0v) is 19.8. The second-order valence-electron chi connectivity index (χ2n) is 8.01. The number of rotatable bonds is 8. The smallest absolute Gasteiger partial charge is 0.242 e. The molecule has 0 fully saturated rings. The van der Waals surface area contributed by atoms with Gasteiger partial charge in [-0.2, -0.15) is 4.72 Å². The number of aryl methyl sites for hydroxylation is 1. The van der Waals surface area contributed by atoms with E-state index in [0.29, 0.717) is 17.0 Å². The quantitative estimate of drug-likeness (QED) is 0.388. The molecule has 1 amide bonds. The van der Waals surface area contributed by atoms with E-state index in [1.165, 1.54) is 19.2 Å². The standard InChI is InChI=1S/C27H26N2O4S/c1-19-17-22(15-16-26(19)33-2)34(31,32)29-25(18-20-9-4-3-5-10-20)27(30)28-24-14-8-12-21-11-6-7-13-23(21)24/h3-17,25,29H,18H2,1-2H3,(H,28,30). The summed E-state index contributed by atoms with van der Waals surface area (Å²) in [6.07, 6.45) is 0.200. The fraction of sp³-hybridized carbons (Fsp3) is 0.148. The highest BCUT2D eigenvalue weighted by Crippen LogP contribution is 2.24. The van der Waals surface area contributed by atoms with Crippen LogP contribution in [0.2, 0.25) is 0 Å². The topological polar surface area (TPSA) is 84.5 Å². The largest absolute Gasteiger partial charge is 0.496 e. The van der Waals surface area contributed by atoms with Crippen LogP contribution in [0.3, 0.4) is 0 Å². The SMILES string of the molecule is COc1ccc(S(=O)(=O)NC(Cc2ccccc2)C(=O)Nc2cccc3ccccc23)cc1C. The number of hydrogen-bond acceptors (Lipinski definition) is 4. The highest BCUT2D eigenvalue weighted by molar-refractivity contribution is 7.89. The fourth-order valence-electron chi connectivity index (χ4n) is 3.87. The lowest BCUT2D eigenvalue weighted by atomic mass is 10.1. The molecule has 0 heterocycles. The zero-order valence-electron chi connectivity index (χ0n) is 19.0. The van der Waals surface area contributed by atoms with Gasteiger partial charge in [0.25, 0.3) is 0 Å². The lowest BCUT2D eigenvalue weighted by molar-refractivity contribution is -0.117. The minimum atomic E-state index is -3.97. The predicted octanol–water partition coefficient (Wildman–Crippen LogP) is 4.69. The highest BCUT2D eigenvalue weighted by Gasteiger charge is 2.27. The number of ether oxygens (including phenoxy) is 1. The van der Waals surface area contributed by atoms with Crippen LogP contribution in [-0.2, 0) is 21.2 Å². The van der Waals surface area contributed by atoms with E-state index in [0.717, 1.165) is 16.3 Å². The van der Waals surface area contributed by atoms with Crippen molar-refractivity contribution in [2.75, 3.05) is 12.4 Å². The van der Waals surface area contributed by atoms with E-state index in [9.17, 15) is 13.2 Å². The number of fused-ring (bicyclic) bond motifs is 1. The third kappa shape index (κ3) is 5.27. The number of amides is 1. The first-order valence-corrected chi connectivity index (χ1v) is 12.4. The van der Waals surface area contributed by atoms with Crippen molar-refractivity contribution in [1.29, 1.82) is 0 Å². The maximum atomic E-state index is 13.4. The minimum absolute atomic E-state index is 0.0711. The number of anilines is 1. The number of benzene rings is 4. The summed E-state index contributed by atoms with van der Waals surface area (Å²) in [5.41, 5.74) is 2.15. The summed E-state index contributed by atoms with van der Waals surface area (Å²) in [6.45, 7) is 1.77. The highest BCUT2D eigenvalue weighted by atomic mass is 32.2. The van der Waals surface area contributed by atoms with Gasteiger partial charge in [0.2, 0.25) is 15.9 Å². The van der Waals surface area contributed by atoms with Crippen molar-refractivity contribution in [3.8, 4) is 5.75 Å². The summed E-state index contributed by atoms with van der Waals surface area (Å²) < 4.78 is 34.3. The van der Waals surface area contributed by atoms with Gasteiger partial charge in [-0.05, 0) is 54.1 Å². The third-order valence-electron chi connectivity index (χ3n) is 5.62. The Morgan fingerprint density at radius 1 is 0.912 bits per heavy atom. The van der Waals surface area contributed by atoms with E-state index in [2.05, 4.69) is 10.0 Å². The zero-order chi connectivity index (χ0) is 24.1. The van der Waals surface area contributed by atoms with E-state index in [-0.39, 0.29) is 11.3 Å². The van der Waals surface area contributed by atoms with Gasteiger partial charge in [-0.15, -0.1) is 0 Å². The molecule has 0 aliphatic heterocycles. The van der Waals surface area contributed by atoms with E-state index >= 15 is 0 Å². The molecule has 0 bridgehead atoms. The predicted molar refractivity (Wildman–Crippen MR) is 135 cm³/mol. The summed E-state index contributed by atoms with van der Waals surface area (Å²) in [7, 11) is -2.44. The van der Waals surface area contributed by atoms with Crippen LogP contribution in [0.4, 0.5) is 5.69 Å². The summed E-state index contributed by atoms with van der Waals surface area (Å²) in [4.78, 5) is 13.5. The molecule has 4 rings (SSSR count). The molecule has 0 saturated carbocycles. The van der Waals surface area contributed by atoms with Crippen LogP contribution in [-0.4, -0.2) is 27.5 Å². The van der Waals surface area contributed by atoms with Crippen molar-refractivity contribution in [2.24, 2.45) is 0 Å². The minimum Gasteiger partial charge on any atom is -0.496 e. The average Bonchev–Trinajstić information content (AvgIpc) is 2.84. The van der Waals surface area contributed by atoms with Gasteiger partial charge in [0.15, 0.2) is 0 Å². The van der Waals surface area contributed by atoms with E-state index in [4.69, 9.17) is 4.74 Å². The Hall–Kier alpha value is -3.68. The molecule has 4 aromatic carbocycles. The third-order valence-corrected chi connectivity index (χ3v) is 7.09. The maximum Gasteiger partial charge on any atom is 0.242 e. The van der Waals surface area contributed by atoms with Crippen LogP contribution >= 0.6 is 0 Å². The van der Waals surface area contributed by atoms with Crippen LogP contribution in [0.25, 0.3) is 10.8 Å². The lowest BCUT2D eigenvalue weighted by Crippen LogP contribution is -2.45. The Kier molecular flexibility index (Phi) is 6.95. The summed E-state index contributed by atoms with van der Waals surface area (Å²) in [5.74, 6) is 0.155. The second-order valence-corrected chi connectivity index (χ2v) is 9.72. The van der Waals surface area contributed by atoms with Gasteiger partial charge in [-0.25, -0.2) is 8.42 Å². The number of nitrogens with one attached hydrogen (secondary N) is 2. The van der Waals surface area contributed by atoms with Crippen LogP contribution < -0.4 is 14.8 Å². The second kappa shape index (κ2) is 10.1. The molecule has 0 spiro atoms. The van der Waals surface area contributed by atoms with Gasteiger partial charge in [0.05, 0.1) is 12.0 Å². The monoisotopic (exact) mass is 474 g/mol. The Bertz CT molecular complexity index is 1410. The van der Waals surface area contributed by atoms with Crippen molar-refractivity contribution < 1.29 is 17.9 Å². The molecular formula is C27H26N2O4S. The van der Waals surface area contributed by atoms with Crippen LogP contribution in [0.1, 0.15) is 11.1 Å². The first-order chi connectivity index (χ1) is 16.4. The summed E-state index contributed by atoms with van der Waals surface area (Å²) in [6, 6.07) is 26.2. The van der Waals surface area contributed by atoms with Crippen LogP contribution in [0.15, 0.2) is 95.9 Å². The molecule has 6 nitrogen and oxygen atoms in total. The fourth-order valence-corrected chi connectivity index (χ4v) is 5.15. The molecule has 0 aliphatic rings. The summed E-state index contributed by atoms with van der Waals surface area (Å²) >= 11 is 0. The molecule has 174 valence electrons. The lowest BCUT2D eigenvalue weighted by Gasteiger charge is -2.20. The van der Waals surface area contributed by atoms with Gasteiger partial charge < -0.3 is 10.1 Å². The van der Waals surface area contributed by atoms with E-state index < -0.39 is 22.0 Å². The maximum absolute atomic E-state index is 13.4. The Morgan fingerprint density at radius 2 is 1.62 bits per heavy atom. The normalized spacial score (nSPS) is 12.3. The number of hydrogen-bond donors (Lipinski definition) is 2. The number of carbonyl (C=O) groups is 1. The van der Waals surface area contributed by atoms with Gasteiger partial charge in [-0.3, -0.25) is 4.79 Å². The molecule has 34 heavy (non-hydrogen) atoms. The van der Waals surface area contributed by atoms with Crippen molar-refractivity contribution in [3.05, 3.63) is 102 Å². The molecule has 2 N–H and O–H groups in total. The molecular weight excluding hydrogens is 448 g/mol. The Balaban J connectivity index is 1.65. The first kappa shape index (κ1) is 23.5. The number of sulfonamides is 1. The Morgan fingerprint density at radius 3 is 2.35 bits per heavy atom. The molecule has 7 heteroatoms. The molecule has 4 aromatic rings. The van der Waals surface area contributed by atoms with Crippen LogP contribution in [0, 0.1) is 6.92 Å². The number of carbonyl (C=O) groups excluding carboxylic acids is 1. The van der Waals surface area contributed by atoms with Crippen molar-refractivity contribution in [1.82, 2.24) is 4.72 Å².